The molecule has 0 aliphatic carbocycles. The molecule has 2 heterocycles. The van der Waals surface area contributed by atoms with Crippen LogP contribution in [0, 0.1) is 17.5 Å². The average Bonchev–Trinajstić information content (AvgIpc) is 3.31. The van der Waals surface area contributed by atoms with Crippen LogP contribution in [0.2, 0.25) is 0 Å². The predicted octanol–water partition coefficient (Wildman–Crippen LogP) is 1.04. The van der Waals surface area contributed by atoms with Crippen molar-refractivity contribution in [1.29, 1.82) is 0 Å². The number of nitrogens with zero attached hydrogens (tertiary/aromatic N) is 4. The first-order valence-corrected chi connectivity index (χ1v) is 10.7. The van der Waals surface area contributed by atoms with E-state index in [1.807, 2.05) is 0 Å². The Labute approximate surface area is 198 Å². The number of hydrogen-bond acceptors (Lipinski definition) is 7. The number of rotatable bonds is 6. The fourth-order valence-electron chi connectivity index (χ4n) is 4.01. The highest BCUT2D eigenvalue weighted by atomic mass is 19.2. The second kappa shape index (κ2) is 10.1. The smallest absolute Gasteiger partial charge is 0.228 e. The first kappa shape index (κ1) is 24.8. The monoisotopic (exact) mass is 492 g/mol. The lowest BCUT2D eigenvalue weighted by atomic mass is 9.94. The summed E-state index contributed by atoms with van der Waals surface area (Å²) in [6.07, 6.45) is -4.37. The van der Waals surface area contributed by atoms with E-state index in [0.29, 0.717) is 5.56 Å². The van der Waals surface area contributed by atoms with Crippen molar-refractivity contribution in [3.05, 3.63) is 71.7 Å². The van der Waals surface area contributed by atoms with E-state index in [1.54, 1.807) is 6.07 Å². The Morgan fingerprint density at radius 3 is 2.57 bits per heavy atom. The Balaban J connectivity index is 1.57. The van der Waals surface area contributed by atoms with Crippen molar-refractivity contribution in [2.75, 3.05) is 13.7 Å². The van der Waals surface area contributed by atoms with Crippen LogP contribution in [0.1, 0.15) is 11.6 Å². The highest BCUT2D eigenvalue weighted by molar-refractivity contribution is 5.78. The second-order valence-electron chi connectivity index (χ2n) is 8.24. The molecule has 0 bridgehead atoms. The maximum atomic E-state index is 13.6. The van der Waals surface area contributed by atoms with Crippen LogP contribution in [0.15, 0.2) is 48.7 Å². The number of hydrogen-bond donors (Lipinski definition) is 3. The summed E-state index contributed by atoms with van der Waals surface area (Å²) in [4.78, 5) is 13.9. The lowest BCUT2D eigenvalue weighted by Crippen LogP contribution is -2.61. The van der Waals surface area contributed by atoms with Gasteiger partial charge in [-0.15, -0.1) is 5.10 Å². The standard InChI is InChI=1S/C23H23F3N4O5/c1-29(19(32)8-12-5-6-15(25)16(26)7-12)23-22(34)20(21(33)18(11-31)35-23)30-10-17(27-28-30)13-3-2-4-14(24)9-13/h2-7,9-10,18,20-23,31,33-34H,8,11H2,1H3/t18?,20-,21-,22?,23+/m0/s1. The Morgan fingerprint density at radius 2 is 1.89 bits per heavy atom. The maximum absolute atomic E-state index is 13.6. The molecular weight excluding hydrogens is 469 g/mol. The lowest BCUT2D eigenvalue weighted by molar-refractivity contribution is -0.241. The van der Waals surface area contributed by atoms with Crippen molar-refractivity contribution < 1.29 is 38.0 Å². The van der Waals surface area contributed by atoms with Crippen molar-refractivity contribution in [2.24, 2.45) is 0 Å². The molecule has 35 heavy (non-hydrogen) atoms. The quantitative estimate of drug-likeness (QED) is 0.470. The number of likely N-dealkylation sites (N-methyl/N-ethyl adjacent to an activating group) is 1. The SMILES string of the molecule is CN(C(=O)Cc1ccc(F)c(F)c1)[C@@H]1OC(CO)[C@H](O)[C@H](n2cc(-c3cccc(F)c3)nn2)C1O. The molecule has 5 atom stereocenters. The molecule has 9 nitrogen and oxygen atoms in total. The average molecular weight is 492 g/mol. The first-order chi connectivity index (χ1) is 16.7. The highest BCUT2D eigenvalue weighted by Gasteiger charge is 2.48. The van der Waals surface area contributed by atoms with Crippen LogP contribution in [0.3, 0.4) is 0 Å². The largest absolute Gasteiger partial charge is 0.394 e. The van der Waals surface area contributed by atoms with E-state index < -0.39 is 60.5 Å². The molecule has 2 aromatic carbocycles. The third kappa shape index (κ3) is 5.05. The molecule has 186 valence electrons. The van der Waals surface area contributed by atoms with Gasteiger partial charge in [-0.25, -0.2) is 17.9 Å². The Kier molecular flexibility index (Phi) is 7.17. The van der Waals surface area contributed by atoms with Gasteiger partial charge in [-0.1, -0.05) is 23.4 Å². The molecule has 1 amide bonds. The van der Waals surface area contributed by atoms with Gasteiger partial charge in [0.15, 0.2) is 17.9 Å². The number of carbonyl (C=O) groups excluding carboxylic acids is 1. The number of carbonyl (C=O) groups is 1. The van der Waals surface area contributed by atoms with Crippen molar-refractivity contribution >= 4 is 5.91 Å². The van der Waals surface area contributed by atoms with E-state index in [9.17, 15) is 33.3 Å². The molecule has 1 aromatic heterocycles. The molecule has 4 rings (SSSR count). The summed E-state index contributed by atoms with van der Waals surface area (Å²) < 4.78 is 47.1. The minimum Gasteiger partial charge on any atom is -0.394 e. The molecule has 12 heteroatoms. The van der Waals surface area contributed by atoms with Gasteiger partial charge in [0, 0.05) is 12.6 Å². The zero-order valence-corrected chi connectivity index (χ0v) is 18.5. The number of ether oxygens (including phenoxy) is 1. The summed E-state index contributed by atoms with van der Waals surface area (Å²) in [5, 5.41) is 39.4. The van der Waals surface area contributed by atoms with E-state index in [0.717, 1.165) is 17.0 Å². The van der Waals surface area contributed by atoms with E-state index in [4.69, 9.17) is 4.74 Å². The minimum atomic E-state index is -1.52. The molecule has 0 spiro atoms. The Hall–Kier alpha value is -3.32. The summed E-state index contributed by atoms with van der Waals surface area (Å²) in [6, 6.07) is 7.49. The third-order valence-corrected chi connectivity index (χ3v) is 5.92. The van der Waals surface area contributed by atoms with Crippen LogP contribution in [-0.2, 0) is 16.0 Å². The molecular formula is C23H23F3N4O5. The molecule has 3 N–H and O–H groups in total. The predicted molar refractivity (Wildman–Crippen MR) is 115 cm³/mol. The number of benzene rings is 2. The number of aromatic nitrogens is 3. The zero-order valence-electron chi connectivity index (χ0n) is 18.5. The van der Waals surface area contributed by atoms with E-state index in [-0.39, 0.29) is 17.7 Å². The van der Waals surface area contributed by atoms with Gasteiger partial charge in [-0.05, 0) is 29.8 Å². The summed E-state index contributed by atoms with van der Waals surface area (Å²) in [6.45, 7) is -0.627. The van der Waals surface area contributed by atoms with Crippen molar-refractivity contribution in [3.63, 3.8) is 0 Å². The summed E-state index contributed by atoms with van der Waals surface area (Å²) in [7, 11) is 1.33. The van der Waals surface area contributed by atoms with Gasteiger partial charge in [-0.2, -0.15) is 0 Å². The van der Waals surface area contributed by atoms with Gasteiger partial charge in [0.2, 0.25) is 5.91 Å². The summed E-state index contributed by atoms with van der Waals surface area (Å²) >= 11 is 0. The number of aliphatic hydroxyl groups is 3. The number of amides is 1. The second-order valence-corrected chi connectivity index (χ2v) is 8.24. The summed E-state index contributed by atoms with van der Waals surface area (Å²) in [5.41, 5.74) is 0.897. The lowest BCUT2D eigenvalue weighted by Gasteiger charge is -2.45. The van der Waals surface area contributed by atoms with Crippen molar-refractivity contribution in [2.45, 2.75) is 37.0 Å². The van der Waals surface area contributed by atoms with Gasteiger partial charge in [0.05, 0.1) is 19.2 Å². The number of aliphatic hydroxyl groups excluding tert-OH is 3. The molecule has 1 saturated heterocycles. The fourth-order valence-corrected chi connectivity index (χ4v) is 4.01. The molecule has 0 radical (unpaired) electrons. The van der Waals surface area contributed by atoms with Gasteiger partial charge in [0.1, 0.15) is 35.9 Å². The van der Waals surface area contributed by atoms with Crippen LogP contribution in [0.25, 0.3) is 11.3 Å². The fraction of sp³-hybridized carbons (Fsp3) is 0.348. The molecule has 1 aliphatic rings. The van der Waals surface area contributed by atoms with Crippen LogP contribution >= 0.6 is 0 Å². The van der Waals surface area contributed by atoms with Crippen LogP contribution in [-0.4, -0.2) is 79.3 Å². The number of halogens is 3. The van der Waals surface area contributed by atoms with Crippen LogP contribution in [0.5, 0.6) is 0 Å². The molecule has 2 unspecified atom stereocenters. The molecule has 1 fully saturated rings. The van der Waals surface area contributed by atoms with Crippen molar-refractivity contribution in [1.82, 2.24) is 19.9 Å². The third-order valence-electron chi connectivity index (χ3n) is 5.92. The Bertz CT molecular complexity index is 1210. The summed E-state index contributed by atoms with van der Waals surface area (Å²) in [5.74, 6) is -3.22. The zero-order chi connectivity index (χ0) is 25.3. The van der Waals surface area contributed by atoms with Gasteiger partial charge in [-0.3, -0.25) is 4.79 Å². The first-order valence-electron chi connectivity index (χ1n) is 10.7. The van der Waals surface area contributed by atoms with Gasteiger partial charge >= 0.3 is 0 Å². The highest BCUT2D eigenvalue weighted by Crippen LogP contribution is 2.32. The van der Waals surface area contributed by atoms with E-state index >= 15 is 0 Å². The normalized spacial score (nSPS) is 24.4. The van der Waals surface area contributed by atoms with Crippen molar-refractivity contribution in [3.8, 4) is 11.3 Å². The van der Waals surface area contributed by atoms with E-state index in [2.05, 4.69) is 10.3 Å². The van der Waals surface area contributed by atoms with Crippen LogP contribution in [0.4, 0.5) is 13.2 Å². The molecule has 1 aliphatic heterocycles. The topological polar surface area (TPSA) is 121 Å². The Morgan fingerprint density at radius 1 is 1.11 bits per heavy atom. The van der Waals surface area contributed by atoms with Gasteiger partial charge in [0.25, 0.3) is 0 Å². The molecule has 3 aromatic rings. The maximum Gasteiger partial charge on any atom is 0.228 e. The van der Waals surface area contributed by atoms with E-state index in [1.165, 1.54) is 42.2 Å². The minimum absolute atomic E-state index is 0.206. The van der Waals surface area contributed by atoms with Crippen LogP contribution < -0.4 is 0 Å². The molecule has 0 saturated carbocycles. The van der Waals surface area contributed by atoms with Gasteiger partial charge < -0.3 is 25.0 Å².